The monoisotopic (exact) mass is 518 g/mol. The van der Waals surface area contributed by atoms with E-state index in [1.807, 2.05) is 6.92 Å². The summed E-state index contributed by atoms with van der Waals surface area (Å²) in [7, 11) is 6.03. The van der Waals surface area contributed by atoms with Crippen LogP contribution >= 0.6 is 0 Å². The van der Waals surface area contributed by atoms with Gasteiger partial charge in [-0.2, -0.15) is 0 Å². The summed E-state index contributed by atoms with van der Waals surface area (Å²) < 4.78 is 21.9. The summed E-state index contributed by atoms with van der Waals surface area (Å²) in [5.74, 6) is -0.0683. The second kappa shape index (κ2) is 10.8. The van der Waals surface area contributed by atoms with Crippen molar-refractivity contribution in [3.63, 3.8) is 0 Å². The maximum Gasteiger partial charge on any atom is 0.295 e. The van der Waals surface area contributed by atoms with Gasteiger partial charge in [-0.25, -0.2) is 0 Å². The van der Waals surface area contributed by atoms with Crippen LogP contribution in [-0.2, 0) is 16.1 Å². The molecule has 0 radical (unpaired) electrons. The summed E-state index contributed by atoms with van der Waals surface area (Å²) in [5, 5.41) is 11.6. The molecule has 38 heavy (non-hydrogen) atoms. The van der Waals surface area contributed by atoms with Crippen molar-refractivity contribution in [2.24, 2.45) is 0 Å². The molecule has 198 valence electrons. The first-order valence-electron chi connectivity index (χ1n) is 11.9. The van der Waals surface area contributed by atoms with Gasteiger partial charge in [0.2, 0.25) is 5.75 Å². The van der Waals surface area contributed by atoms with Crippen LogP contribution in [0.3, 0.4) is 0 Å². The average Bonchev–Trinajstić information content (AvgIpc) is 3.18. The van der Waals surface area contributed by atoms with Crippen LogP contribution < -0.4 is 18.9 Å². The van der Waals surface area contributed by atoms with Crippen molar-refractivity contribution < 1.29 is 33.6 Å². The molecule has 1 saturated heterocycles. The highest BCUT2D eigenvalue weighted by atomic mass is 16.5. The smallest absolute Gasteiger partial charge is 0.295 e. The molecule has 2 aromatic carbocycles. The van der Waals surface area contributed by atoms with E-state index in [1.54, 1.807) is 62.8 Å². The lowest BCUT2D eigenvalue weighted by Crippen LogP contribution is -2.29. The second-order valence-corrected chi connectivity index (χ2v) is 8.88. The number of rotatable bonds is 8. The molecule has 1 aliphatic rings. The zero-order valence-corrected chi connectivity index (χ0v) is 22.2. The summed E-state index contributed by atoms with van der Waals surface area (Å²) in [6, 6.07) is 9.48. The Labute approximate surface area is 221 Å². The topological polar surface area (TPSA) is 107 Å². The van der Waals surface area contributed by atoms with Gasteiger partial charge in [-0.1, -0.05) is 0 Å². The zero-order valence-electron chi connectivity index (χ0n) is 22.2. The predicted octanol–water partition coefficient (Wildman–Crippen LogP) is 4.35. The van der Waals surface area contributed by atoms with Crippen molar-refractivity contribution >= 4 is 17.4 Å². The van der Waals surface area contributed by atoms with Crippen molar-refractivity contribution in [1.82, 2.24) is 9.88 Å². The van der Waals surface area contributed by atoms with Crippen LogP contribution in [0.1, 0.15) is 33.9 Å². The van der Waals surface area contributed by atoms with Gasteiger partial charge in [0.15, 0.2) is 11.5 Å². The average molecular weight is 519 g/mol. The van der Waals surface area contributed by atoms with Gasteiger partial charge in [0.25, 0.3) is 11.7 Å². The van der Waals surface area contributed by atoms with E-state index in [0.29, 0.717) is 39.7 Å². The molecule has 0 bridgehead atoms. The number of aliphatic hydroxyl groups is 1. The number of carbonyl (C=O) groups excluding carboxylic acids is 2. The largest absolute Gasteiger partial charge is 0.507 e. The number of Topliss-reactive ketones (excluding diaryl/α,β-unsaturated/α-hetero) is 1. The SMILES string of the molecule is COc1cc(C)c(/C(O)=C2\C(=O)C(=O)N(Cc3ccncc3)C2c2cc(OC)c(OC)c(OC)c2)cc1C. The van der Waals surface area contributed by atoms with E-state index >= 15 is 0 Å². The van der Waals surface area contributed by atoms with Crippen molar-refractivity contribution in [2.45, 2.75) is 26.4 Å². The number of pyridine rings is 1. The second-order valence-electron chi connectivity index (χ2n) is 8.88. The number of likely N-dealkylation sites (tertiary alicyclic amines) is 1. The molecule has 1 amide bonds. The number of benzene rings is 2. The Kier molecular flexibility index (Phi) is 7.57. The van der Waals surface area contributed by atoms with Gasteiger partial charge >= 0.3 is 0 Å². The quantitative estimate of drug-likeness (QED) is 0.266. The number of nitrogens with zero attached hydrogens (tertiary/aromatic N) is 2. The third kappa shape index (κ3) is 4.63. The molecule has 1 N–H and O–H groups in total. The molecule has 0 spiro atoms. The molecule has 9 nitrogen and oxygen atoms in total. The van der Waals surface area contributed by atoms with Gasteiger partial charge in [-0.3, -0.25) is 14.6 Å². The molecular weight excluding hydrogens is 488 g/mol. The first-order valence-corrected chi connectivity index (χ1v) is 11.9. The van der Waals surface area contributed by atoms with E-state index in [9.17, 15) is 14.7 Å². The number of carbonyl (C=O) groups is 2. The number of aliphatic hydroxyl groups excluding tert-OH is 1. The Hall–Kier alpha value is -4.53. The molecule has 1 fully saturated rings. The van der Waals surface area contributed by atoms with E-state index < -0.39 is 17.7 Å². The standard InChI is InChI=1S/C29H30N2O7/c1-16-12-21(35-3)17(2)11-20(16)26(32)24-25(19-13-22(36-4)28(38-6)23(14-19)37-5)31(29(34)27(24)33)15-18-7-9-30-10-8-18/h7-14,25,32H,15H2,1-6H3/b26-24+. The zero-order chi connectivity index (χ0) is 27.6. The number of aromatic nitrogens is 1. The fourth-order valence-corrected chi connectivity index (χ4v) is 4.74. The van der Waals surface area contributed by atoms with Gasteiger partial charge < -0.3 is 29.0 Å². The maximum atomic E-state index is 13.5. The molecular formula is C29H30N2O7. The third-order valence-corrected chi connectivity index (χ3v) is 6.64. The number of amides is 1. The summed E-state index contributed by atoms with van der Waals surface area (Å²) in [4.78, 5) is 32.4. The van der Waals surface area contributed by atoms with E-state index in [2.05, 4.69) is 4.98 Å². The van der Waals surface area contributed by atoms with Crippen molar-refractivity contribution in [2.75, 3.05) is 28.4 Å². The molecule has 1 aromatic heterocycles. The van der Waals surface area contributed by atoms with Crippen LogP contribution in [0.25, 0.3) is 5.76 Å². The minimum absolute atomic E-state index is 0.0361. The fraction of sp³-hybridized carbons (Fsp3) is 0.276. The first-order chi connectivity index (χ1) is 18.2. The normalized spacial score (nSPS) is 16.5. The Balaban J connectivity index is 1.98. The third-order valence-electron chi connectivity index (χ3n) is 6.64. The van der Waals surface area contributed by atoms with E-state index in [0.717, 1.165) is 11.1 Å². The van der Waals surface area contributed by atoms with Gasteiger partial charge in [-0.15, -0.1) is 0 Å². The molecule has 4 rings (SSSR count). The predicted molar refractivity (Wildman–Crippen MR) is 141 cm³/mol. The van der Waals surface area contributed by atoms with Gasteiger partial charge in [0.05, 0.1) is 40.1 Å². The Morgan fingerprint density at radius 3 is 2.03 bits per heavy atom. The molecule has 2 heterocycles. The number of ketones is 1. The van der Waals surface area contributed by atoms with Crippen molar-refractivity contribution in [1.29, 1.82) is 0 Å². The molecule has 1 atom stereocenters. The maximum absolute atomic E-state index is 13.5. The lowest BCUT2D eigenvalue weighted by molar-refractivity contribution is -0.140. The molecule has 3 aromatic rings. The molecule has 1 unspecified atom stereocenters. The van der Waals surface area contributed by atoms with Gasteiger partial charge in [0, 0.05) is 24.5 Å². The van der Waals surface area contributed by atoms with Crippen LogP contribution in [0.2, 0.25) is 0 Å². The lowest BCUT2D eigenvalue weighted by Gasteiger charge is -2.27. The van der Waals surface area contributed by atoms with Crippen molar-refractivity contribution in [3.05, 3.63) is 82.2 Å². The summed E-state index contributed by atoms with van der Waals surface area (Å²) in [6.45, 7) is 3.76. The van der Waals surface area contributed by atoms with Crippen LogP contribution in [0.4, 0.5) is 0 Å². The minimum atomic E-state index is -0.932. The number of methoxy groups -OCH3 is 4. The molecule has 1 aliphatic heterocycles. The van der Waals surface area contributed by atoms with Gasteiger partial charge in [0.1, 0.15) is 11.5 Å². The van der Waals surface area contributed by atoms with Gasteiger partial charge in [-0.05, 0) is 72.5 Å². The van der Waals surface area contributed by atoms with E-state index in [4.69, 9.17) is 18.9 Å². The van der Waals surface area contributed by atoms with Crippen molar-refractivity contribution in [3.8, 4) is 23.0 Å². The molecule has 0 aliphatic carbocycles. The number of aryl methyl sites for hydroxylation is 2. The summed E-state index contributed by atoms with van der Waals surface area (Å²) in [6.07, 6.45) is 3.23. The highest BCUT2D eigenvalue weighted by Gasteiger charge is 2.46. The summed E-state index contributed by atoms with van der Waals surface area (Å²) in [5.41, 5.74) is 3.14. The summed E-state index contributed by atoms with van der Waals surface area (Å²) >= 11 is 0. The number of hydrogen-bond acceptors (Lipinski definition) is 8. The van der Waals surface area contributed by atoms with E-state index in [1.165, 1.54) is 26.2 Å². The van der Waals surface area contributed by atoms with E-state index in [-0.39, 0.29) is 17.9 Å². The Bertz CT molecular complexity index is 1390. The fourth-order valence-electron chi connectivity index (χ4n) is 4.74. The van der Waals surface area contributed by atoms with Crippen LogP contribution in [0.15, 0.2) is 54.4 Å². The van der Waals surface area contributed by atoms with Crippen LogP contribution in [0.5, 0.6) is 23.0 Å². The molecule has 0 saturated carbocycles. The number of hydrogen-bond donors (Lipinski definition) is 1. The highest BCUT2D eigenvalue weighted by Crippen LogP contribution is 2.46. The lowest BCUT2D eigenvalue weighted by atomic mass is 9.92. The number of ether oxygens (including phenoxy) is 4. The van der Waals surface area contributed by atoms with Crippen LogP contribution in [-0.4, -0.2) is 55.1 Å². The first kappa shape index (κ1) is 26.5. The Morgan fingerprint density at radius 2 is 1.47 bits per heavy atom. The highest BCUT2D eigenvalue weighted by molar-refractivity contribution is 6.46. The Morgan fingerprint density at radius 1 is 0.868 bits per heavy atom. The van der Waals surface area contributed by atoms with Crippen LogP contribution in [0, 0.1) is 13.8 Å². The minimum Gasteiger partial charge on any atom is -0.507 e. The molecule has 9 heteroatoms.